The third kappa shape index (κ3) is 3.25. The first-order valence-electron chi connectivity index (χ1n) is 5.42. The Hall–Kier alpha value is -1.56. The molecule has 0 amide bonds. The molecule has 0 aromatic heterocycles. The van der Waals surface area contributed by atoms with Gasteiger partial charge in [-0.05, 0) is 31.4 Å². The molecule has 3 heteroatoms. The maximum absolute atomic E-state index is 8.76. The molecule has 0 atom stereocenters. The predicted molar refractivity (Wildman–Crippen MR) is 61.0 cm³/mol. The third-order valence-electron chi connectivity index (χ3n) is 2.25. The highest BCUT2D eigenvalue weighted by atomic mass is 16.5. The molecule has 0 fully saturated rings. The number of nitrogens with zero attached hydrogens (tertiary/aromatic N) is 2. The van der Waals surface area contributed by atoms with E-state index in [9.17, 15) is 0 Å². The second kappa shape index (κ2) is 6.02. The lowest BCUT2D eigenvalue weighted by Gasteiger charge is -2.03. The fourth-order valence-corrected chi connectivity index (χ4v) is 1.45. The van der Waals surface area contributed by atoms with E-state index in [-0.39, 0.29) is 0 Å². The molecule has 0 unspecified atom stereocenters. The normalized spacial score (nSPS) is 9.67. The zero-order chi connectivity index (χ0) is 11.1. The summed E-state index contributed by atoms with van der Waals surface area (Å²) in [6.07, 6.45) is 3.39. The van der Waals surface area contributed by atoms with Crippen LogP contribution < -0.4 is 4.74 Å². The Balaban J connectivity index is 2.85. The molecule has 0 saturated heterocycles. The van der Waals surface area contributed by atoms with Gasteiger partial charge in [-0.3, -0.25) is 0 Å². The fraction of sp³-hybridized carbons (Fsp3) is 0.500. The molecule has 3 nitrogen and oxygen atoms in total. The SMILES string of the molecule is CCCCc1ccc([N+]#N)c(OCC)c1. The summed E-state index contributed by atoms with van der Waals surface area (Å²) >= 11 is 0. The molecule has 0 aliphatic rings. The van der Waals surface area contributed by atoms with Gasteiger partial charge in [0.2, 0.25) is 11.1 Å². The van der Waals surface area contributed by atoms with Crippen molar-refractivity contribution in [2.75, 3.05) is 6.61 Å². The molecule has 1 aromatic rings. The van der Waals surface area contributed by atoms with Gasteiger partial charge in [0.1, 0.15) is 0 Å². The summed E-state index contributed by atoms with van der Waals surface area (Å²) in [6, 6.07) is 5.72. The summed E-state index contributed by atoms with van der Waals surface area (Å²) in [5.74, 6) is 0.661. The van der Waals surface area contributed by atoms with Crippen LogP contribution in [0.4, 0.5) is 5.69 Å². The van der Waals surface area contributed by atoms with Gasteiger partial charge in [-0.1, -0.05) is 19.4 Å². The maximum Gasteiger partial charge on any atom is 0.426 e. The van der Waals surface area contributed by atoms with Gasteiger partial charge < -0.3 is 4.74 Å². The Morgan fingerprint density at radius 2 is 2.13 bits per heavy atom. The van der Waals surface area contributed by atoms with Crippen molar-refractivity contribution in [1.82, 2.24) is 0 Å². The average Bonchev–Trinajstić information content (AvgIpc) is 2.27. The van der Waals surface area contributed by atoms with E-state index in [1.54, 1.807) is 6.07 Å². The lowest BCUT2D eigenvalue weighted by atomic mass is 10.1. The van der Waals surface area contributed by atoms with Crippen molar-refractivity contribution in [2.24, 2.45) is 0 Å². The standard InChI is InChI=1S/C12H17N2O/c1-3-5-6-10-7-8-11(14-13)12(9-10)15-4-2/h7-9H,3-6H2,1-2H3/q+1. The van der Waals surface area contributed by atoms with Crippen LogP contribution in [0, 0.1) is 5.39 Å². The number of hydrogen-bond donors (Lipinski definition) is 0. The molecule has 15 heavy (non-hydrogen) atoms. The molecule has 0 saturated carbocycles. The summed E-state index contributed by atoms with van der Waals surface area (Å²) < 4.78 is 5.39. The average molecular weight is 205 g/mol. The first kappa shape index (κ1) is 11.5. The Kier molecular flexibility index (Phi) is 4.62. The first-order valence-corrected chi connectivity index (χ1v) is 5.42. The van der Waals surface area contributed by atoms with Gasteiger partial charge in [0.05, 0.1) is 6.61 Å². The number of diazo groups is 1. The third-order valence-corrected chi connectivity index (χ3v) is 2.25. The zero-order valence-electron chi connectivity index (χ0n) is 9.36. The molecule has 1 rings (SSSR count). The quantitative estimate of drug-likeness (QED) is 0.683. The van der Waals surface area contributed by atoms with Crippen LogP contribution in [-0.2, 0) is 6.42 Å². The largest absolute Gasteiger partial charge is 0.486 e. The van der Waals surface area contributed by atoms with Gasteiger partial charge >= 0.3 is 5.69 Å². The van der Waals surface area contributed by atoms with Crippen LogP contribution in [0.3, 0.4) is 0 Å². The van der Waals surface area contributed by atoms with Gasteiger partial charge in [0.25, 0.3) is 0 Å². The minimum Gasteiger partial charge on any atom is -0.486 e. The highest BCUT2D eigenvalue weighted by Gasteiger charge is 2.14. The predicted octanol–water partition coefficient (Wildman–Crippen LogP) is 3.91. The van der Waals surface area contributed by atoms with E-state index in [0.29, 0.717) is 18.0 Å². The molecular weight excluding hydrogens is 188 g/mol. The lowest BCUT2D eigenvalue weighted by Crippen LogP contribution is -1.93. The number of aryl methyl sites for hydroxylation is 1. The van der Waals surface area contributed by atoms with Crippen molar-refractivity contribution in [3.8, 4) is 5.75 Å². The van der Waals surface area contributed by atoms with E-state index in [0.717, 1.165) is 6.42 Å². The fourth-order valence-electron chi connectivity index (χ4n) is 1.45. The molecule has 0 bridgehead atoms. The number of unbranched alkanes of at least 4 members (excludes halogenated alkanes) is 1. The molecule has 0 aliphatic carbocycles. The van der Waals surface area contributed by atoms with E-state index in [1.165, 1.54) is 18.4 Å². The van der Waals surface area contributed by atoms with Gasteiger partial charge in [-0.25, -0.2) is 0 Å². The van der Waals surface area contributed by atoms with Gasteiger partial charge in [-0.2, -0.15) is 0 Å². The lowest BCUT2D eigenvalue weighted by molar-refractivity contribution is 0.342. The molecule has 0 radical (unpaired) electrons. The van der Waals surface area contributed by atoms with Crippen LogP contribution in [0.25, 0.3) is 4.98 Å². The summed E-state index contributed by atoms with van der Waals surface area (Å²) in [7, 11) is 0. The van der Waals surface area contributed by atoms with Crippen LogP contribution in [-0.4, -0.2) is 6.61 Å². The molecule has 0 N–H and O–H groups in total. The topological polar surface area (TPSA) is 37.4 Å². The van der Waals surface area contributed by atoms with Gasteiger partial charge in [-0.15, -0.1) is 0 Å². The number of rotatable bonds is 5. The van der Waals surface area contributed by atoms with E-state index < -0.39 is 0 Å². The van der Waals surface area contributed by atoms with E-state index >= 15 is 0 Å². The molecule has 0 spiro atoms. The van der Waals surface area contributed by atoms with Gasteiger partial charge in [0, 0.05) is 6.07 Å². The van der Waals surface area contributed by atoms with Crippen LogP contribution in [0.5, 0.6) is 5.75 Å². The number of benzene rings is 1. The van der Waals surface area contributed by atoms with E-state index in [1.807, 2.05) is 19.1 Å². The summed E-state index contributed by atoms with van der Waals surface area (Å²) in [5, 5.41) is 8.76. The Bertz CT molecular complexity index is 355. The van der Waals surface area contributed by atoms with Crippen molar-refractivity contribution >= 4 is 5.69 Å². The Labute approximate surface area is 90.7 Å². The van der Waals surface area contributed by atoms with Crippen LogP contribution in [0.2, 0.25) is 0 Å². The molecule has 80 valence electrons. The van der Waals surface area contributed by atoms with Crippen molar-refractivity contribution in [1.29, 1.82) is 5.39 Å². The Morgan fingerprint density at radius 3 is 2.73 bits per heavy atom. The highest BCUT2D eigenvalue weighted by Crippen LogP contribution is 2.29. The molecular formula is C12H17N2O+. The monoisotopic (exact) mass is 205 g/mol. The van der Waals surface area contributed by atoms with Crippen molar-refractivity contribution in [3.05, 3.63) is 28.7 Å². The zero-order valence-corrected chi connectivity index (χ0v) is 9.36. The molecule has 1 aromatic carbocycles. The number of hydrogen-bond acceptors (Lipinski definition) is 2. The molecule has 0 aliphatic heterocycles. The number of ether oxygens (including phenoxy) is 1. The highest BCUT2D eigenvalue weighted by molar-refractivity contribution is 5.58. The second-order valence-electron chi connectivity index (χ2n) is 3.44. The van der Waals surface area contributed by atoms with Crippen molar-refractivity contribution in [2.45, 2.75) is 33.1 Å². The second-order valence-corrected chi connectivity index (χ2v) is 3.44. The molecule has 0 heterocycles. The Morgan fingerprint density at radius 1 is 1.33 bits per heavy atom. The van der Waals surface area contributed by atoms with Gasteiger partial charge in [0.15, 0.2) is 4.98 Å². The van der Waals surface area contributed by atoms with Crippen LogP contribution in [0.15, 0.2) is 18.2 Å². The minimum absolute atomic E-state index is 0.497. The summed E-state index contributed by atoms with van der Waals surface area (Å²) in [5.41, 5.74) is 1.73. The van der Waals surface area contributed by atoms with Crippen molar-refractivity contribution in [3.63, 3.8) is 0 Å². The van der Waals surface area contributed by atoms with Crippen LogP contribution >= 0.6 is 0 Å². The maximum atomic E-state index is 8.76. The minimum atomic E-state index is 0.497. The summed E-state index contributed by atoms with van der Waals surface area (Å²) in [6.45, 7) is 4.67. The van der Waals surface area contributed by atoms with E-state index in [2.05, 4.69) is 11.9 Å². The summed E-state index contributed by atoms with van der Waals surface area (Å²) in [4.78, 5) is 3.19. The van der Waals surface area contributed by atoms with Crippen LogP contribution in [0.1, 0.15) is 32.3 Å². The van der Waals surface area contributed by atoms with E-state index in [4.69, 9.17) is 10.1 Å². The smallest absolute Gasteiger partial charge is 0.426 e. The first-order chi connectivity index (χ1) is 7.31. The van der Waals surface area contributed by atoms with Crippen molar-refractivity contribution < 1.29 is 4.74 Å².